The zero-order valence-corrected chi connectivity index (χ0v) is 29.5. The summed E-state index contributed by atoms with van der Waals surface area (Å²) < 4.78 is 22.0. The number of carbonyl (C=O) groups excluding carboxylic acids is 2. The van der Waals surface area contributed by atoms with E-state index in [0.717, 1.165) is 57.8 Å². The highest BCUT2D eigenvalue weighted by molar-refractivity contribution is 5.70. The maximum atomic E-state index is 12.6. The minimum absolute atomic E-state index is 0.217. The molecule has 0 aromatic heterocycles. The Kier molecular flexibility index (Phi) is 27.2. The average Bonchev–Trinajstić information content (AvgIpc) is 3.06. The minimum Gasteiger partial charge on any atom is -0.462 e. The topological polar surface area (TPSA) is 152 Å². The number of unbranched alkanes of at least 4 members (excludes halogenated alkanes) is 17. The predicted molar refractivity (Wildman–Crippen MR) is 183 cm³/mol. The highest BCUT2D eigenvalue weighted by Gasteiger charge is 2.44. The van der Waals surface area contributed by atoms with Gasteiger partial charge in [-0.1, -0.05) is 116 Å². The molecule has 1 aliphatic rings. The van der Waals surface area contributed by atoms with Crippen molar-refractivity contribution in [2.24, 2.45) is 0 Å². The van der Waals surface area contributed by atoms with Gasteiger partial charge in [0.25, 0.3) is 0 Å². The zero-order chi connectivity index (χ0) is 34.5. The van der Waals surface area contributed by atoms with Gasteiger partial charge in [-0.2, -0.15) is 0 Å². The summed E-state index contributed by atoms with van der Waals surface area (Å²) in [4.78, 5) is 25.1. The molecule has 276 valence electrons. The first-order valence-electron chi connectivity index (χ1n) is 18.8. The van der Waals surface area contributed by atoms with E-state index >= 15 is 0 Å². The highest BCUT2D eigenvalue weighted by atomic mass is 16.7. The third-order valence-electron chi connectivity index (χ3n) is 8.65. The largest absolute Gasteiger partial charge is 0.462 e. The number of aliphatic hydroxyl groups excluding tert-OH is 4. The Hall–Kier alpha value is -1.56. The fraction of sp³-hybridized carbons (Fsp3) is 0.892. The van der Waals surface area contributed by atoms with Crippen LogP contribution >= 0.6 is 0 Å². The van der Waals surface area contributed by atoms with Crippen LogP contribution in [0.25, 0.3) is 0 Å². The molecule has 1 heterocycles. The summed E-state index contributed by atoms with van der Waals surface area (Å²) in [5.74, 6) is -0.818. The first kappa shape index (κ1) is 43.5. The highest BCUT2D eigenvalue weighted by Crippen LogP contribution is 2.22. The van der Waals surface area contributed by atoms with Crippen molar-refractivity contribution in [2.75, 3.05) is 19.8 Å². The number of ether oxygens (including phenoxy) is 4. The number of hydrogen-bond donors (Lipinski definition) is 4. The van der Waals surface area contributed by atoms with Gasteiger partial charge < -0.3 is 39.4 Å². The van der Waals surface area contributed by atoms with Crippen LogP contribution in [-0.2, 0) is 28.5 Å². The SMILES string of the molecule is CCCCCC/C=C\CCCCCCCC(=O)OC(COC(=O)CCCCCCCCCCC)COC1OC(CO)C(O)C(O)C1O. The van der Waals surface area contributed by atoms with Gasteiger partial charge >= 0.3 is 11.9 Å². The molecule has 10 nitrogen and oxygen atoms in total. The van der Waals surface area contributed by atoms with E-state index in [0.29, 0.717) is 6.42 Å². The molecule has 6 atom stereocenters. The van der Waals surface area contributed by atoms with Gasteiger partial charge in [0.05, 0.1) is 13.2 Å². The smallest absolute Gasteiger partial charge is 0.306 e. The molecule has 0 radical (unpaired) electrons. The maximum Gasteiger partial charge on any atom is 0.306 e. The molecule has 10 heteroatoms. The van der Waals surface area contributed by atoms with Gasteiger partial charge in [-0.15, -0.1) is 0 Å². The zero-order valence-electron chi connectivity index (χ0n) is 29.5. The van der Waals surface area contributed by atoms with Crippen molar-refractivity contribution in [1.82, 2.24) is 0 Å². The molecule has 0 amide bonds. The number of carbonyl (C=O) groups is 2. The quantitative estimate of drug-likeness (QED) is 0.0381. The van der Waals surface area contributed by atoms with Gasteiger partial charge in [-0.3, -0.25) is 9.59 Å². The van der Waals surface area contributed by atoms with Gasteiger partial charge in [0, 0.05) is 12.8 Å². The Labute approximate surface area is 284 Å². The van der Waals surface area contributed by atoms with Gasteiger partial charge in [0.15, 0.2) is 12.4 Å². The second kappa shape index (κ2) is 29.4. The predicted octanol–water partition coefficient (Wildman–Crippen LogP) is 6.44. The normalized spacial score (nSPS) is 22.0. The van der Waals surface area contributed by atoms with E-state index in [1.807, 2.05) is 0 Å². The van der Waals surface area contributed by atoms with Crippen molar-refractivity contribution < 1.29 is 49.0 Å². The van der Waals surface area contributed by atoms with Crippen molar-refractivity contribution >= 4 is 11.9 Å². The Morgan fingerprint density at radius 2 is 1.13 bits per heavy atom. The minimum atomic E-state index is -1.59. The molecule has 0 aliphatic carbocycles. The van der Waals surface area contributed by atoms with Crippen molar-refractivity contribution in [1.29, 1.82) is 0 Å². The average molecular weight is 673 g/mol. The molecule has 6 unspecified atom stereocenters. The molecule has 0 bridgehead atoms. The van der Waals surface area contributed by atoms with Crippen molar-refractivity contribution in [2.45, 2.75) is 192 Å². The third kappa shape index (κ3) is 21.9. The summed E-state index contributed by atoms with van der Waals surface area (Å²) in [5, 5.41) is 39.8. The third-order valence-corrected chi connectivity index (χ3v) is 8.65. The molecular weight excluding hydrogens is 604 g/mol. The van der Waals surface area contributed by atoms with Crippen LogP contribution < -0.4 is 0 Å². The number of aliphatic hydroxyl groups is 4. The van der Waals surface area contributed by atoms with E-state index < -0.39 is 49.4 Å². The first-order chi connectivity index (χ1) is 22.8. The second-order valence-corrected chi connectivity index (χ2v) is 13.0. The summed E-state index contributed by atoms with van der Waals surface area (Å²) >= 11 is 0. The molecule has 1 rings (SSSR count). The summed E-state index contributed by atoms with van der Waals surface area (Å²) in [6, 6.07) is 0. The Morgan fingerprint density at radius 1 is 0.638 bits per heavy atom. The fourth-order valence-electron chi connectivity index (χ4n) is 5.59. The molecule has 47 heavy (non-hydrogen) atoms. The number of esters is 2. The first-order valence-corrected chi connectivity index (χ1v) is 18.8. The van der Waals surface area contributed by atoms with Crippen LogP contribution in [0, 0.1) is 0 Å². The Balaban J connectivity index is 2.42. The van der Waals surface area contributed by atoms with Crippen LogP contribution in [0.1, 0.15) is 155 Å². The van der Waals surface area contributed by atoms with Crippen molar-refractivity contribution in [3.05, 3.63) is 12.2 Å². The van der Waals surface area contributed by atoms with Crippen molar-refractivity contribution in [3.63, 3.8) is 0 Å². The van der Waals surface area contributed by atoms with Crippen LogP contribution in [0.4, 0.5) is 0 Å². The molecule has 0 aromatic rings. The Bertz CT molecular complexity index is 789. The lowest BCUT2D eigenvalue weighted by Gasteiger charge is -2.39. The number of allylic oxidation sites excluding steroid dienone is 2. The Morgan fingerprint density at radius 3 is 1.68 bits per heavy atom. The van der Waals surface area contributed by atoms with Crippen LogP contribution in [0.15, 0.2) is 12.2 Å². The van der Waals surface area contributed by atoms with Gasteiger partial charge in [0.2, 0.25) is 0 Å². The molecule has 0 saturated carbocycles. The number of rotatable bonds is 30. The molecule has 0 spiro atoms. The van der Waals surface area contributed by atoms with E-state index in [1.165, 1.54) is 64.2 Å². The summed E-state index contributed by atoms with van der Waals surface area (Å²) in [6.07, 6.45) is 19.4. The molecule has 0 aromatic carbocycles. The number of hydrogen-bond acceptors (Lipinski definition) is 10. The summed E-state index contributed by atoms with van der Waals surface area (Å²) in [5.41, 5.74) is 0. The van der Waals surface area contributed by atoms with Crippen LogP contribution in [-0.4, -0.2) is 89.0 Å². The van der Waals surface area contributed by atoms with Crippen LogP contribution in [0.5, 0.6) is 0 Å². The lowest BCUT2D eigenvalue weighted by molar-refractivity contribution is -0.305. The van der Waals surface area contributed by atoms with Gasteiger partial charge in [-0.05, 0) is 38.5 Å². The van der Waals surface area contributed by atoms with E-state index in [-0.39, 0.29) is 32.0 Å². The molecular formula is C37H68O10. The van der Waals surface area contributed by atoms with Crippen molar-refractivity contribution in [3.8, 4) is 0 Å². The van der Waals surface area contributed by atoms with Crippen LogP contribution in [0.3, 0.4) is 0 Å². The van der Waals surface area contributed by atoms with E-state index in [9.17, 15) is 30.0 Å². The summed E-state index contributed by atoms with van der Waals surface area (Å²) in [6.45, 7) is 3.35. The lowest BCUT2D eigenvalue weighted by atomic mass is 9.99. The molecule has 4 N–H and O–H groups in total. The van der Waals surface area contributed by atoms with Crippen LogP contribution in [0.2, 0.25) is 0 Å². The molecule has 1 aliphatic heterocycles. The standard InChI is InChI=1S/C37H68O10/c1-3-5-7-9-11-13-14-15-16-18-20-22-24-26-33(40)46-30(29-45-37-36(43)35(42)34(41)31(27-38)47-37)28-44-32(39)25-23-21-19-17-12-10-8-6-4-2/h13-14,30-31,34-38,41-43H,3-12,15-29H2,1-2H3/b14-13-. The van der Waals surface area contributed by atoms with E-state index in [4.69, 9.17) is 18.9 Å². The van der Waals surface area contributed by atoms with E-state index in [1.54, 1.807) is 0 Å². The fourth-order valence-corrected chi connectivity index (χ4v) is 5.59. The van der Waals surface area contributed by atoms with E-state index in [2.05, 4.69) is 26.0 Å². The van der Waals surface area contributed by atoms with Gasteiger partial charge in [-0.25, -0.2) is 0 Å². The second-order valence-electron chi connectivity index (χ2n) is 13.0. The summed E-state index contributed by atoms with van der Waals surface area (Å²) in [7, 11) is 0. The molecule has 1 saturated heterocycles. The molecule has 1 fully saturated rings. The monoisotopic (exact) mass is 672 g/mol. The van der Waals surface area contributed by atoms with Gasteiger partial charge in [0.1, 0.15) is 31.0 Å². The maximum absolute atomic E-state index is 12.6. The lowest BCUT2D eigenvalue weighted by Crippen LogP contribution is -2.59.